The van der Waals surface area contributed by atoms with Crippen molar-refractivity contribution in [3.63, 3.8) is 0 Å². The van der Waals surface area contributed by atoms with Gasteiger partial charge in [-0.1, -0.05) is 12.1 Å². The number of hydrogen-bond donors (Lipinski definition) is 1. The van der Waals surface area contributed by atoms with Crippen molar-refractivity contribution in [3.05, 3.63) is 53.2 Å². The normalized spacial score (nSPS) is 14.7. The Morgan fingerprint density at radius 3 is 2.28 bits per heavy atom. The summed E-state index contributed by atoms with van der Waals surface area (Å²) in [6, 6.07) is 8.33. The van der Waals surface area contributed by atoms with Gasteiger partial charge in [-0.25, -0.2) is 0 Å². The van der Waals surface area contributed by atoms with E-state index in [0.29, 0.717) is 31.0 Å². The van der Waals surface area contributed by atoms with Gasteiger partial charge in [-0.2, -0.15) is 18.3 Å². The predicted molar refractivity (Wildman–Crippen MR) is 99.1 cm³/mol. The van der Waals surface area contributed by atoms with Crippen LogP contribution in [0.3, 0.4) is 0 Å². The minimum Gasteiger partial charge on any atom is -0.370 e. The van der Waals surface area contributed by atoms with Crippen LogP contribution in [-0.4, -0.2) is 53.1 Å². The van der Waals surface area contributed by atoms with Gasteiger partial charge in [0.15, 0.2) is 5.82 Å². The summed E-state index contributed by atoms with van der Waals surface area (Å²) in [4.78, 5) is 26.8. The zero-order valence-corrected chi connectivity index (χ0v) is 15.5. The number of nitrogens with two attached hydrogens (primary N) is 1. The highest BCUT2D eigenvalue weighted by Gasteiger charge is 2.36. The van der Waals surface area contributed by atoms with Crippen LogP contribution in [0.1, 0.15) is 28.0 Å². The molecule has 10 heteroatoms. The first-order chi connectivity index (χ1) is 13.8. The Hall–Kier alpha value is -3.17. The first-order valence-electron chi connectivity index (χ1n) is 9.07. The van der Waals surface area contributed by atoms with Gasteiger partial charge in [0.05, 0.1) is 16.8 Å². The Morgan fingerprint density at radius 1 is 1.00 bits per heavy atom. The summed E-state index contributed by atoms with van der Waals surface area (Å²) >= 11 is 0. The maximum absolute atomic E-state index is 13.2. The van der Waals surface area contributed by atoms with E-state index in [1.807, 2.05) is 4.90 Å². The molecular weight excluding hydrogens is 387 g/mol. The van der Waals surface area contributed by atoms with Gasteiger partial charge in [-0.3, -0.25) is 9.59 Å². The fourth-order valence-corrected chi connectivity index (χ4v) is 3.13. The second-order valence-corrected chi connectivity index (χ2v) is 6.67. The monoisotopic (exact) mass is 407 g/mol. The Bertz CT molecular complexity index is 878. The summed E-state index contributed by atoms with van der Waals surface area (Å²) in [6.07, 6.45) is -3.99. The summed E-state index contributed by atoms with van der Waals surface area (Å²) in [5.41, 5.74) is 4.49. The first kappa shape index (κ1) is 20.6. The molecule has 0 aliphatic carbocycles. The fourth-order valence-electron chi connectivity index (χ4n) is 3.13. The van der Waals surface area contributed by atoms with Crippen molar-refractivity contribution in [1.82, 2.24) is 15.1 Å². The lowest BCUT2D eigenvalue weighted by Gasteiger charge is -2.35. The number of anilines is 1. The summed E-state index contributed by atoms with van der Waals surface area (Å²) in [6.45, 7) is 1.40. The number of amides is 2. The SMILES string of the molecule is NC(=O)CCc1ccc(N2CCN(C(=O)c3ccccc3C(F)(F)F)CC2)nn1. The molecule has 154 valence electrons. The first-order valence-corrected chi connectivity index (χ1v) is 9.07. The van der Waals surface area contributed by atoms with Crippen molar-refractivity contribution >= 4 is 17.6 Å². The van der Waals surface area contributed by atoms with Crippen molar-refractivity contribution in [3.8, 4) is 0 Å². The van der Waals surface area contributed by atoms with Crippen molar-refractivity contribution in [1.29, 1.82) is 0 Å². The number of carbonyl (C=O) groups excluding carboxylic acids is 2. The Balaban J connectivity index is 1.62. The van der Waals surface area contributed by atoms with Crippen LogP contribution in [0.25, 0.3) is 0 Å². The lowest BCUT2D eigenvalue weighted by molar-refractivity contribution is -0.138. The van der Waals surface area contributed by atoms with Gasteiger partial charge >= 0.3 is 6.18 Å². The van der Waals surface area contributed by atoms with Gasteiger partial charge in [-0.15, -0.1) is 5.10 Å². The summed E-state index contributed by atoms with van der Waals surface area (Å²) in [5.74, 6) is -0.440. The van der Waals surface area contributed by atoms with E-state index in [2.05, 4.69) is 10.2 Å². The van der Waals surface area contributed by atoms with Crippen LogP contribution in [0.2, 0.25) is 0 Å². The van der Waals surface area contributed by atoms with E-state index in [9.17, 15) is 22.8 Å². The van der Waals surface area contributed by atoms with Crippen LogP contribution in [0.15, 0.2) is 36.4 Å². The number of nitrogens with zero attached hydrogens (tertiary/aromatic N) is 4. The highest BCUT2D eigenvalue weighted by Crippen LogP contribution is 2.32. The van der Waals surface area contributed by atoms with E-state index >= 15 is 0 Å². The minimum atomic E-state index is -4.58. The smallest absolute Gasteiger partial charge is 0.370 e. The molecule has 7 nitrogen and oxygen atoms in total. The number of rotatable bonds is 5. The zero-order chi connectivity index (χ0) is 21.0. The quantitative estimate of drug-likeness (QED) is 0.817. The molecule has 1 fully saturated rings. The second-order valence-electron chi connectivity index (χ2n) is 6.67. The summed E-state index contributed by atoms with van der Waals surface area (Å²) < 4.78 is 39.5. The predicted octanol–water partition coefficient (Wildman–Crippen LogP) is 1.88. The summed E-state index contributed by atoms with van der Waals surface area (Å²) in [5, 5.41) is 8.19. The molecule has 1 aromatic heterocycles. The van der Waals surface area contributed by atoms with Crippen molar-refractivity contribution < 1.29 is 22.8 Å². The van der Waals surface area contributed by atoms with Crippen LogP contribution >= 0.6 is 0 Å². The Labute approximate surface area is 165 Å². The third-order valence-electron chi connectivity index (χ3n) is 4.69. The highest BCUT2D eigenvalue weighted by atomic mass is 19.4. The number of carbonyl (C=O) groups is 2. The maximum Gasteiger partial charge on any atom is 0.417 e. The largest absolute Gasteiger partial charge is 0.417 e. The molecule has 29 heavy (non-hydrogen) atoms. The van der Waals surface area contributed by atoms with Gasteiger partial charge in [0, 0.05) is 39.0 Å². The molecule has 1 aliphatic heterocycles. The fraction of sp³-hybridized carbons (Fsp3) is 0.368. The van der Waals surface area contributed by atoms with Gasteiger partial charge < -0.3 is 15.5 Å². The zero-order valence-electron chi connectivity index (χ0n) is 15.5. The third kappa shape index (κ3) is 5.01. The van der Waals surface area contributed by atoms with Crippen LogP contribution < -0.4 is 10.6 Å². The van der Waals surface area contributed by atoms with E-state index < -0.39 is 23.6 Å². The van der Waals surface area contributed by atoms with Crippen LogP contribution in [0.4, 0.5) is 19.0 Å². The molecular formula is C19H20F3N5O2. The summed E-state index contributed by atoms with van der Waals surface area (Å²) in [7, 11) is 0. The van der Waals surface area contributed by atoms with Crippen LogP contribution in [0.5, 0.6) is 0 Å². The number of primary amides is 1. The van der Waals surface area contributed by atoms with Crippen LogP contribution in [0, 0.1) is 0 Å². The average Bonchev–Trinajstić information content (AvgIpc) is 2.71. The molecule has 0 saturated carbocycles. The number of benzene rings is 1. The van der Waals surface area contributed by atoms with E-state index in [-0.39, 0.29) is 25.1 Å². The number of aryl methyl sites for hydroxylation is 1. The number of piperazine rings is 1. The molecule has 1 aromatic carbocycles. The molecule has 2 aromatic rings. The van der Waals surface area contributed by atoms with E-state index in [1.165, 1.54) is 23.1 Å². The van der Waals surface area contributed by atoms with E-state index in [4.69, 9.17) is 5.73 Å². The third-order valence-corrected chi connectivity index (χ3v) is 4.69. The molecule has 1 aliphatic rings. The number of alkyl halides is 3. The average molecular weight is 407 g/mol. The molecule has 0 bridgehead atoms. The molecule has 2 heterocycles. The van der Waals surface area contributed by atoms with E-state index in [0.717, 1.165) is 6.07 Å². The second kappa shape index (κ2) is 8.46. The molecule has 0 unspecified atom stereocenters. The molecule has 1 saturated heterocycles. The van der Waals surface area contributed by atoms with Crippen molar-refractivity contribution in [2.24, 2.45) is 5.73 Å². The Kier molecular flexibility index (Phi) is 6.00. The molecule has 0 atom stereocenters. The molecule has 0 radical (unpaired) electrons. The number of halogens is 3. The molecule has 2 amide bonds. The van der Waals surface area contributed by atoms with Crippen molar-refractivity contribution in [2.75, 3.05) is 31.1 Å². The standard InChI is InChI=1S/C19H20F3N5O2/c20-19(21,22)15-4-2-1-3-14(15)18(29)27-11-9-26(10-12-27)17-8-6-13(24-25-17)5-7-16(23)28/h1-4,6,8H,5,7,9-12H2,(H2,23,28). The van der Waals surface area contributed by atoms with Gasteiger partial charge in [0.25, 0.3) is 5.91 Å². The topological polar surface area (TPSA) is 92.4 Å². The van der Waals surface area contributed by atoms with Gasteiger partial charge in [0.2, 0.25) is 5.91 Å². The number of aromatic nitrogens is 2. The van der Waals surface area contributed by atoms with Crippen molar-refractivity contribution in [2.45, 2.75) is 19.0 Å². The van der Waals surface area contributed by atoms with Gasteiger partial charge in [-0.05, 0) is 24.3 Å². The lowest BCUT2D eigenvalue weighted by atomic mass is 10.1. The molecule has 3 rings (SSSR count). The van der Waals surface area contributed by atoms with Gasteiger partial charge in [0.1, 0.15) is 0 Å². The highest BCUT2D eigenvalue weighted by molar-refractivity contribution is 5.96. The Morgan fingerprint density at radius 2 is 1.69 bits per heavy atom. The molecule has 0 spiro atoms. The number of hydrogen-bond acceptors (Lipinski definition) is 5. The van der Waals surface area contributed by atoms with Crippen LogP contribution in [-0.2, 0) is 17.4 Å². The minimum absolute atomic E-state index is 0.189. The lowest BCUT2D eigenvalue weighted by Crippen LogP contribution is -2.49. The maximum atomic E-state index is 13.2. The van der Waals surface area contributed by atoms with E-state index in [1.54, 1.807) is 12.1 Å². The molecule has 2 N–H and O–H groups in total.